The van der Waals surface area contributed by atoms with Crippen LogP contribution >= 0.6 is 11.6 Å². The highest BCUT2D eigenvalue weighted by Gasteiger charge is 2.15. The molecule has 0 saturated heterocycles. The summed E-state index contributed by atoms with van der Waals surface area (Å²) in [5.41, 5.74) is 1.29. The minimum Gasteiger partial charge on any atom is -0.494 e. The Balaban J connectivity index is 2.65. The van der Waals surface area contributed by atoms with Gasteiger partial charge in [0.05, 0.1) is 6.61 Å². The van der Waals surface area contributed by atoms with Gasteiger partial charge < -0.3 is 4.74 Å². The molecule has 0 aliphatic rings. The summed E-state index contributed by atoms with van der Waals surface area (Å²) >= 11 is 6.34. The molecular weight excluding hydrogens is 220 g/mol. The van der Waals surface area contributed by atoms with Crippen LogP contribution in [-0.4, -0.2) is 12.0 Å². The average molecular weight is 241 g/mol. The molecule has 0 spiro atoms. The van der Waals surface area contributed by atoms with Crippen LogP contribution in [0.2, 0.25) is 0 Å². The summed E-state index contributed by atoms with van der Waals surface area (Å²) in [4.78, 5) is 0. The summed E-state index contributed by atoms with van der Waals surface area (Å²) in [6, 6.07) is 8.26. The maximum Gasteiger partial charge on any atom is 0.119 e. The SMILES string of the molecule is CCCC(Cl)C(C)c1ccc(OCC)cc1. The van der Waals surface area contributed by atoms with Crippen LogP contribution in [0.1, 0.15) is 45.1 Å². The van der Waals surface area contributed by atoms with Gasteiger partial charge in [-0.2, -0.15) is 0 Å². The molecule has 2 atom stereocenters. The molecule has 2 unspecified atom stereocenters. The molecule has 1 aromatic carbocycles. The predicted molar refractivity (Wildman–Crippen MR) is 70.6 cm³/mol. The zero-order valence-corrected chi connectivity index (χ0v) is 11.1. The topological polar surface area (TPSA) is 9.23 Å². The molecule has 1 aromatic rings. The number of halogens is 1. The molecule has 1 rings (SSSR count). The molecule has 0 saturated carbocycles. The van der Waals surface area contributed by atoms with Crippen molar-refractivity contribution in [2.75, 3.05) is 6.61 Å². The van der Waals surface area contributed by atoms with Crippen molar-refractivity contribution < 1.29 is 4.74 Å². The van der Waals surface area contributed by atoms with Gasteiger partial charge in [-0.25, -0.2) is 0 Å². The van der Waals surface area contributed by atoms with Crippen molar-refractivity contribution in [2.24, 2.45) is 0 Å². The third kappa shape index (κ3) is 3.71. The van der Waals surface area contributed by atoms with E-state index in [0.717, 1.165) is 18.6 Å². The van der Waals surface area contributed by atoms with Crippen molar-refractivity contribution in [3.63, 3.8) is 0 Å². The molecule has 90 valence electrons. The summed E-state index contributed by atoms with van der Waals surface area (Å²) in [5.74, 6) is 1.33. The van der Waals surface area contributed by atoms with Crippen molar-refractivity contribution in [2.45, 2.75) is 44.9 Å². The Kier molecular flexibility index (Phi) is 5.68. The minimum absolute atomic E-state index is 0.225. The summed E-state index contributed by atoms with van der Waals surface area (Å²) < 4.78 is 5.42. The fraction of sp³-hybridized carbons (Fsp3) is 0.571. The molecule has 0 fully saturated rings. The van der Waals surface area contributed by atoms with Crippen molar-refractivity contribution in [3.05, 3.63) is 29.8 Å². The van der Waals surface area contributed by atoms with E-state index >= 15 is 0 Å². The summed E-state index contributed by atoms with van der Waals surface area (Å²) in [6.45, 7) is 7.05. The second-order valence-electron chi connectivity index (χ2n) is 4.10. The number of benzene rings is 1. The maximum absolute atomic E-state index is 6.34. The summed E-state index contributed by atoms with van der Waals surface area (Å²) in [7, 11) is 0. The first-order valence-corrected chi connectivity index (χ1v) is 6.49. The monoisotopic (exact) mass is 240 g/mol. The van der Waals surface area contributed by atoms with Crippen LogP contribution in [0.3, 0.4) is 0 Å². The second-order valence-corrected chi connectivity index (χ2v) is 4.66. The standard InChI is InChI=1S/C14H21ClO/c1-4-6-14(15)11(3)12-7-9-13(10-8-12)16-5-2/h7-11,14H,4-6H2,1-3H3. The van der Waals surface area contributed by atoms with E-state index in [2.05, 4.69) is 26.0 Å². The molecule has 2 heteroatoms. The van der Waals surface area contributed by atoms with Crippen molar-refractivity contribution in [1.82, 2.24) is 0 Å². The van der Waals surface area contributed by atoms with Crippen molar-refractivity contribution >= 4 is 11.6 Å². The van der Waals surface area contributed by atoms with Crippen LogP contribution in [0.5, 0.6) is 5.75 Å². The highest BCUT2D eigenvalue weighted by atomic mass is 35.5. The van der Waals surface area contributed by atoms with E-state index in [1.165, 1.54) is 5.56 Å². The maximum atomic E-state index is 6.34. The van der Waals surface area contributed by atoms with Crippen molar-refractivity contribution in [3.8, 4) is 5.75 Å². The van der Waals surface area contributed by atoms with Gasteiger partial charge in [-0.3, -0.25) is 0 Å². The molecule has 0 heterocycles. The van der Waals surface area contributed by atoms with Crippen molar-refractivity contribution in [1.29, 1.82) is 0 Å². The molecular formula is C14H21ClO. The van der Waals surface area contributed by atoms with Gasteiger partial charge >= 0.3 is 0 Å². The highest BCUT2D eigenvalue weighted by Crippen LogP contribution is 2.27. The Morgan fingerprint density at radius 1 is 1.19 bits per heavy atom. The fourth-order valence-electron chi connectivity index (χ4n) is 1.77. The molecule has 1 nitrogen and oxygen atoms in total. The van der Waals surface area contributed by atoms with E-state index in [9.17, 15) is 0 Å². The second kappa shape index (κ2) is 6.80. The van der Waals surface area contributed by atoms with E-state index < -0.39 is 0 Å². The molecule has 0 bridgehead atoms. The smallest absolute Gasteiger partial charge is 0.119 e. The lowest BCUT2D eigenvalue weighted by Gasteiger charge is -2.18. The Hall–Kier alpha value is -0.690. The molecule has 0 aliphatic heterocycles. The van der Waals surface area contributed by atoms with Crippen LogP contribution in [0.4, 0.5) is 0 Å². The first-order valence-electron chi connectivity index (χ1n) is 6.05. The van der Waals surface area contributed by atoms with Gasteiger partial charge in [-0.1, -0.05) is 32.4 Å². The molecule has 0 aromatic heterocycles. The number of rotatable bonds is 6. The highest BCUT2D eigenvalue weighted by molar-refractivity contribution is 6.21. The first kappa shape index (κ1) is 13.4. The van der Waals surface area contributed by atoms with Crippen LogP contribution in [0.25, 0.3) is 0 Å². The van der Waals surface area contributed by atoms with Crippen LogP contribution < -0.4 is 4.74 Å². The Morgan fingerprint density at radius 3 is 2.31 bits per heavy atom. The fourth-order valence-corrected chi connectivity index (χ4v) is 2.13. The Bertz CT molecular complexity index is 294. The first-order chi connectivity index (χ1) is 7.69. The zero-order valence-electron chi connectivity index (χ0n) is 10.4. The minimum atomic E-state index is 0.225. The van der Waals surface area contributed by atoms with Gasteiger partial charge in [-0.15, -0.1) is 11.6 Å². The number of hydrogen-bond donors (Lipinski definition) is 0. The van der Waals surface area contributed by atoms with Gasteiger partial charge in [0.2, 0.25) is 0 Å². The average Bonchev–Trinajstić information content (AvgIpc) is 2.30. The Morgan fingerprint density at radius 2 is 1.81 bits per heavy atom. The summed E-state index contributed by atoms with van der Waals surface area (Å²) in [5, 5.41) is 0.225. The van der Waals surface area contributed by atoms with E-state index in [1.807, 2.05) is 19.1 Å². The van der Waals surface area contributed by atoms with Crippen LogP contribution in [0.15, 0.2) is 24.3 Å². The van der Waals surface area contributed by atoms with Gasteiger partial charge in [-0.05, 0) is 37.0 Å². The van der Waals surface area contributed by atoms with E-state index in [1.54, 1.807) is 0 Å². The van der Waals surface area contributed by atoms with Crippen LogP contribution in [0, 0.1) is 0 Å². The van der Waals surface area contributed by atoms with Gasteiger partial charge in [0.15, 0.2) is 0 Å². The van der Waals surface area contributed by atoms with Gasteiger partial charge in [0.25, 0.3) is 0 Å². The third-order valence-electron chi connectivity index (χ3n) is 2.82. The lowest BCUT2D eigenvalue weighted by molar-refractivity contribution is 0.340. The van der Waals surface area contributed by atoms with E-state index in [4.69, 9.17) is 16.3 Å². The van der Waals surface area contributed by atoms with E-state index in [-0.39, 0.29) is 5.38 Å². The van der Waals surface area contributed by atoms with Crippen LogP contribution in [-0.2, 0) is 0 Å². The molecule has 0 radical (unpaired) electrons. The normalized spacial score (nSPS) is 14.5. The number of hydrogen-bond acceptors (Lipinski definition) is 1. The van der Waals surface area contributed by atoms with Gasteiger partial charge in [0, 0.05) is 5.38 Å². The molecule has 16 heavy (non-hydrogen) atoms. The molecule has 0 N–H and O–H groups in total. The van der Waals surface area contributed by atoms with E-state index in [0.29, 0.717) is 12.5 Å². The van der Waals surface area contributed by atoms with Gasteiger partial charge in [0.1, 0.15) is 5.75 Å². The zero-order chi connectivity index (χ0) is 12.0. The molecule has 0 amide bonds. The lowest BCUT2D eigenvalue weighted by atomic mass is 9.95. The largest absolute Gasteiger partial charge is 0.494 e. The number of ether oxygens (including phenoxy) is 1. The summed E-state index contributed by atoms with van der Waals surface area (Å²) in [6.07, 6.45) is 2.20. The lowest BCUT2D eigenvalue weighted by Crippen LogP contribution is -2.09. The number of alkyl halides is 1. The third-order valence-corrected chi connectivity index (χ3v) is 3.42. The molecule has 0 aliphatic carbocycles. The Labute approximate surface area is 104 Å². The predicted octanol–water partition coefficient (Wildman–Crippen LogP) is 4.60. The quantitative estimate of drug-likeness (QED) is 0.661.